The summed E-state index contributed by atoms with van der Waals surface area (Å²) in [5.74, 6) is -2.29. The van der Waals surface area contributed by atoms with Gasteiger partial charge >= 0.3 is 0 Å². The quantitative estimate of drug-likeness (QED) is 0.671. The predicted octanol–water partition coefficient (Wildman–Crippen LogP) is 3.29. The van der Waals surface area contributed by atoms with Crippen LogP contribution in [0.3, 0.4) is 0 Å². The van der Waals surface area contributed by atoms with Gasteiger partial charge < -0.3 is 0 Å². The monoisotopic (exact) mass is 298 g/mol. The predicted molar refractivity (Wildman–Crippen MR) is 68.5 cm³/mol. The number of hydrazine groups is 1. The van der Waals surface area contributed by atoms with Crippen LogP contribution in [0.1, 0.15) is 31.1 Å². The highest BCUT2D eigenvalue weighted by Crippen LogP contribution is 2.15. The van der Waals surface area contributed by atoms with E-state index in [1.807, 2.05) is 0 Å². The van der Waals surface area contributed by atoms with E-state index < -0.39 is 23.1 Å². The topological polar surface area (TPSA) is 32.3 Å². The number of halogens is 4. The molecule has 0 aliphatic rings. The molecule has 0 bridgehead atoms. The Bertz CT molecular complexity index is 436. The normalized spacial score (nSPS) is 11.1. The van der Waals surface area contributed by atoms with Crippen LogP contribution in [-0.2, 0) is 0 Å². The van der Waals surface area contributed by atoms with Crippen LogP contribution in [0.2, 0.25) is 0 Å². The van der Waals surface area contributed by atoms with Gasteiger partial charge in [-0.25, -0.2) is 8.78 Å². The molecule has 1 rings (SSSR count). The number of nitrogens with one attached hydrogen (secondary N) is 1. The van der Waals surface area contributed by atoms with Gasteiger partial charge in [0.25, 0.3) is 5.91 Å². The van der Waals surface area contributed by atoms with E-state index in [0.29, 0.717) is 0 Å². The lowest BCUT2D eigenvalue weighted by atomic mass is 10.1. The molecule has 1 amide bonds. The number of carbonyl (C=O) groups excluding carboxylic acids is 1. The minimum atomic E-state index is -0.803. The van der Waals surface area contributed by atoms with Crippen molar-refractivity contribution < 1.29 is 13.6 Å². The Morgan fingerprint density at radius 2 is 1.89 bits per heavy atom. The van der Waals surface area contributed by atoms with Crippen LogP contribution in [0.5, 0.6) is 0 Å². The van der Waals surface area contributed by atoms with Crippen LogP contribution in [0.15, 0.2) is 18.2 Å². The van der Waals surface area contributed by atoms with Crippen LogP contribution >= 0.6 is 24.2 Å². The van der Waals surface area contributed by atoms with Gasteiger partial charge in [0, 0.05) is 17.3 Å². The molecule has 1 aromatic rings. The number of amides is 1. The summed E-state index contributed by atoms with van der Waals surface area (Å²) in [5.41, 5.74) is 1.33. The molecule has 18 heavy (non-hydrogen) atoms. The van der Waals surface area contributed by atoms with Crippen molar-refractivity contribution in [3.8, 4) is 0 Å². The summed E-state index contributed by atoms with van der Waals surface area (Å²) in [7, 11) is 0. The van der Waals surface area contributed by atoms with E-state index >= 15 is 0 Å². The number of rotatable bonds is 2. The number of hydrogen-bond acceptors (Lipinski definition) is 2. The summed E-state index contributed by atoms with van der Waals surface area (Å²) < 4.78 is 27.2. The van der Waals surface area contributed by atoms with E-state index in [-0.39, 0.29) is 18.0 Å². The van der Waals surface area contributed by atoms with E-state index in [2.05, 4.69) is 5.43 Å². The van der Waals surface area contributed by atoms with E-state index in [9.17, 15) is 13.6 Å². The van der Waals surface area contributed by atoms with Crippen LogP contribution in [0.4, 0.5) is 8.78 Å². The first kappa shape index (κ1) is 17.1. The maximum atomic E-state index is 13.3. The Balaban J connectivity index is 0.00000289. The van der Waals surface area contributed by atoms with E-state index in [4.69, 9.17) is 11.8 Å². The molecule has 3 nitrogen and oxygen atoms in total. The van der Waals surface area contributed by atoms with Crippen molar-refractivity contribution in [2.75, 3.05) is 0 Å². The Hall–Kier alpha value is -0.910. The van der Waals surface area contributed by atoms with Gasteiger partial charge in [0.15, 0.2) is 0 Å². The third-order valence-electron chi connectivity index (χ3n) is 1.96. The summed E-state index contributed by atoms with van der Waals surface area (Å²) in [5, 5.41) is 0. The molecule has 0 radical (unpaired) electrons. The molecule has 0 saturated carbocycles. The first-order valence-corrected chi connectivity index (χ1v) is 5.27. The molecule has 0 fully saturated rings. The second-order valence-electron chi connectivity index (χ2n) is 4.52. The fourth-order valence-corrected chi connectivity index (χ4v) is 1.07. The molecule has 0 atom stereocenters. The second-order valence-corrected chi connectivity index (χ2v) is 4.85. The molecule has 7 heteroatoms. The molecule has 0 saturated heterocycles. The molecule has 0 aliphatic heterocycles. The Morgan fingerprint density at radius 3 is 2.39 bits per heavy atom. The Labute approximate surface area is 116 Å². The van der Waals surface area contributed by atoms with Crippen molar-refractivity contribution in [1.29, 1.82) is 0 Å². The second kappa shape index (κ2) is 6.31. The number of benzene rings is 1. The van der Waals surface area contributed by atoms with Gasteiger partial charge in [-0.3, -0.25) is 10.2 Å². The highest BCUT2D eigenvalue weighted by Gasteiger charge is 2.23. The molecular formula is C11H14Cl2F2N2O. The first-order chi connectivity index (χ1) is 7.71. The molecule has 1 aromatic carbocycles. The maximum absolute atomic E-state index is 13.3. The summed E-state index contributed by atoms with van der Waals surface area (Å²) in [6.45, 7) is 5.26. The van der Waals surface area contributed by atoms with Gasteiger partial charge in [-0.2, -0.15) is 0 Å². The van der Waals surface area contributed by atoms with Crippen molar-refractivity contribution in [3.05, 3.63) is 35.4 Å². The van der Waals surface area contributed by atoms with Crippen molar-refractivity contribution in [2.45, 2.75) is 26.3 Å². The molecule has 0 spiro atoms. The van der Waals surface area contributed by atoms with Gasteiger partial charge in [-0.05, 0) is 39.0 Å². The van der Waals surface area contributed by atoms with Crippen molar-refractivity contribution in [3.63, 3.8) is 0 Å². The minimum absolute atomic E-state index is 0. The highest BCUT2D eigenvalue weighted by molar-refractivity contribution is 6.14. The average Bonchev–Trinajstić information content (AvgIpc) is 2.20. The van der Waals surface area contributed by atoms with Crippen molar-refractivity contribution >= 4 is 30.1 Å². The zero-order valence-electron chi connectivity index (χ0n) is 10.1. The lowest BCUT2D eigenvalue weighted by Crippen LogP contribution is -2.46. The van der Waals surface area contributed by atoms with Crippen LogP contribution in [-0.4, -0.2) is 16.0 Å². The van der Waals surface area contributed by atoms with Gasteiger partial charge in [0.2, 0.25) is 0 Å². The standard InChI is InChI=1S/C11H13ClF2N2O.ClH/c1-11(2,3)16(12)15-10(17)8-6-7(13)4-5-9(8)14;/h4-6H,1-3H3,(H,15,17);1H. The molecular weight excluding hydrogens is 285 g/mol. The van der Waals surface area contributed by atoms with Crippen molar-refractivity contribution in [2.24, 2.45) is 0 Å². The molecule has 0 aliphatic carbocycles. The Kier molecular flexibility index (Phi) is 5.99. The number of nitrogens with zero attached hydrogens (tertiary/aromatic N) is 1. The molecule has 0 aromatic heterocycles. The number of carbonyl (C=O) groups is 1. The van der Waals surface area contributed by atoms with Crippen molar-refractivity contribution in [1.82, 2.24) is 9.95 Å². The van der Waals surface area contributed by atoms with Gasteiger partial charge in [0.1, 0.15) is 11.6 Å². The SMILES string of the molecule is CC(C)(C)N(Cl)NC(=O)c1cc(F)ccc1F.Cl. The Morgan fingerprint density at radius 1 is 1.33 bits per heavy atom. The summed E-state index contributed by atoms with van der Waals surface area (Å²) in [6, 6.07) is 2.65. The van der Waals surface area contributed by atoms with Gasteiger partial charge in [-0.15, -0.1) is 16.9 Å². The third-order valence-corrected chi connectivity index (χ3v) is 2.55. The van der Waals surface area contributed by atoms with E-state index in [1.54, 1.807) is 20.8 Å². The maximum Gasteiger partial charge on any atom is 0.269 e. The molecule has 102 valence electrons. The van der Waals surface area contributed by atoms with Crippen LogP contribution in [0, 0.1) is 11.6 Å². The molecule has 0 unspecified atom stereocenters. The van der Waals surface area contributed by atoms with Gasteiger partial charge in [0.05, 0.1) is 5.56 Å². The first-order valence-electron chi connectivity index (χ1n) is 4.94. The number of hydrogen-bond donors (Lipinski definition) is 1. The van der Waals surface area contributed by atoms with E-state index in [0.717, 1.165) is 22.7 Å². The highest BCUT2D eigenvalue weighted by atomic mass is 35.5. The zero-order valence-corrected chi connectivity index (χ0v) is 11.7. The van der Waals surface area contributed by atoms with Crippen LogP contribution < -0.4 is 5.43 Å². The zero-order chi connectivity index (χ0) is 13.2. The summed E-state index contributed by atoms with van der Waals surface area (Å²) >= 11 is 5.78. The average molecular weight is 299 g/mol. The van der Waals surface area contributed by atoms with Gasteiger partial charge in [-0.1, -0.05) is 0 Å². The molecule has 0 heterocycles. The lowest BCUT2D eigenvalue weighted by Gasteiger charge is -2.28. The largest absolute Gasteiger partial charge is 0.270 e. The smallest absolute Gasteiger partial charge is 0.269 e. The fraction of sp³-hybridized carbons (Fsp3) is 0.364. The summed E-state index contributed by atoms with van der Waals surface area (Å²) in [6.07, 6.45) is 0. The minimum Gasteiger partial charge on any atom is -0.270 e. The van der Waals surface area contributed by atoms with Crippen LogP contribution in [0.25, 0.3) is 0 Å². The van der Waals surface area contributed by atoms with E-state index in [1.165, 1.54) is 0 Å². The summed E-state index contributed by atoms with van der Waals surface area (Å²) in [4.78, 5) is 11.6. The third kappa shape index (κ3) is 4.40. The lowest BCUT2D eigenvalue weighted by molar-refractivity contribution is 0.0801. The molecule has 1 N–H and O–H groups in total. The fourth-order valence-electron chi connectivity index (χ4n) is 0.989.